The van der Waals surface area contributed by atoms with Gasteiger partial charge in [-0.05, 0) is 24.0 Å². The Balaban J connectivity index is 1.92. The molecule has 3 nitrogen and oxygen atoms in total. The van der Waals surface area contributed by atoms with Crippen LogP contribution in [0.1, 0.15) is 32.1 Å². The Morgan fingerprint density at radius 1 is 1.06 bits per heavy atom. The summed E-state index contributed by atoms with van der Waals surface area (Å²) in [5, 5.41) is 0. The lowest BCUT2D eigenvalue weighted by Crippen LogP contribution is -2.40. The molecule has 0 bridgehead atoms. The van der Waals surface area contributed by atoms with Gasteiger partial charge in [-0.15, -0.1) is 0 Å². The highest BCUT2D eigenvalue weighted by molar-refractivity contribution is 7.80. The van der Waals surface area contributed by atoms with E-state index in [9.17, 15) is 0 Å². The molecule has 2 fully saturated rings. The van der Waals surface area contributed by atoms with Crippen molar-refractivity contribution in [2.45, 2.75) is 44.3 Å². The summed E-state index contributed by atoms with van der Waals surface area (Å²) < 4.78 is 11.0. The van der Waals surface area contributed by atoms with Crippen molar-refractivity contribution in [1.82, 2.24) is 4.90 Å². The van der Waals surface area contributed by atoms with Gasteiger partial charge in [0.15, 0.2) is 0 Å². The van der Waals surface area contributed by atoms with Gasteiger partial charge in [0.1, 0.15) is 0 Å². The topological polar surface area (TPSA) is 21.7 Å². The molecule has 1 aliphatic heterocycles. The third kappa shape index (κ3) is 3.21. The van der Waals surface area contributed by atoms with Crippen LogP contribution in [0.4, 0.5) is 0 Å². The fourth-order valence-electron chi connectivity index (χ4n) is 3.54. The van der Waals surface area contributed by atoms with E-state index in [1.807, 2.05) is 0 Å². The van der Waals surface area contributed by atoms with Gasteiger partial charge in [-0.3, -0.25) is 4.90 Å². The maximum absolute atomic E-state index is 5.51. The van der Waals surface area contributed by atoms with Crippen molar-refractivity contribution in [3.63, 3.8) is 0 Å². The Labute approximate surface area is 117 Å². The van der Waals surface area contributed by atoms with Crippen molar-refractivity contribution in [2.75, 3.05) is 39.6 Å². The zero-order chi connectivity index (χ0) is 13.0. The SMILES string of the molecule is COC1CN(CC2(CS)CCCCC2)CC1OC. The summed E-state index contributed by atoms with van der Waals surface area (Å²) in [7, 11) is 3.57. The van der Waals surface area contributed by atoms with Crippen LogP contribution in [0.15, 0.2) is 0 Å². The molecule has 1 heterocycles. The van der Waals surface area contributed by atoms with Gasteiger partial charge in [0, 0.05) is 33.9 Å². The fraction of sp³-hybridized carbons (Fsp3) is 1.00. The minimum absolute atomic E-state index is 0.232. The molecule has 0 amide bonds. The molecule has 2 unspecified atom stereocenters. The van der Waals surface area contributed by atoms with Gasteiger partial charge in [-0.25, -0.2) is 0 Å². The average Bonchev–Trinajstić information content (AvgIpc) is 2.81. The third-order valence-corrected chi connectivity index (χ3v) is 5.38. The number of methoxy groups -OCH3 is 2. The van der Waals surface area contributed by atoms with E-state index < -0.39 is 0 Å². The molecule has 2 rings (SSSR count). The quantitative estimate of drug-likeness (QED) is 0.776. The number of hydrogen-bond acceptors (Lipinski definition) is 4. The van der Waals surface area contributed by atoms with E-state index in [1.165, 1.54) is 32.1 Å². The van der Waals surface area contributed by atoms with Crippen LogP contribution >= 0.6 is 12.6 Å². The van der Waals surface area contributed by atoms with Gasteiger partial charge in [0.2, 0.25) is 0 Å². The minimum Gasteiger partial charge on any atom is -0.377 e. The highest BCUT2D eigenvalue weighted by Crippen LogP contribution is 2.38. The molecule has 2 aliphatic rings. The molecule has 0 aromatic rings. The fourth-order valence-corrected chi connectivity index (χ4v) is 3.96. The summed E-state index contributed by atoms with van der Waals surface area (Å²) in [6.45, 7) is 3.17. The molecule has 4 heteroatoms. The van der Waals surface area contributed by atoms with Crippen LogP contribution in [0, 0.1) is 5.41 Å². The van der Waals surface area contributed by atoms with E-state index in [0.717, 1.165) is 25.4 Å². The molecule has 0 radical (unpaired) electrons. The summed E-state index contributed by atoms with van der Waals surface area (Å²) in [5.74, 6) is 1.01. The number of thiol groups is 1. The molecule has 1 saturated heterocycles. The molecule has 0 spiro atoms. The monoisotopic (exact) mass is 273 g/mol. The zero-order valence-electron chi connectivity index (χ0n) is 11.7. The van der Waals surface area contributed by atoms with Crippen molar-refractivity contribution in [3.8, 4) is 0 Å². The first kappa shape index (κ1) is 14.6. The molecular weight excluding hydrogens is 246 g/mol. The lowest BCUT2D eigenvalue weighted by atomic mass is 9.75. The second-order valence-electron chi connectivity index (χ2n) is 5.96. The predicted molar refractivity (Wildman–Crippen MR) is 77.4 cm³/mol. The molecular formula is C14H27NO2S. The Morgan fingerprint density at radius 2 is 1.61 bits per heavy atom. The van der Waals surface area contributed by atoms with Gasteiger partial charge in [0.05, 0.1) is 12.2 Å². The molecule has 1 aliphatic carbocycles. The number of likely N-dealkylation sites (tertiary alicyclic amines) is 1. The summed E-state index contributed by atoms with van der Waals surface area (Å²) in [6, 6.07) is 0. The van der Waals surface area contributed by atoms with E-state index in [2.05, 4.69) is 17.5 Å². The Morgan fingerprint density at radius 3 is 2.06 bits per heavy atom. The zero-order valence-corrected chi connectivity index (χ0v) is 12.6. The average molecular weight is 273 g/mol. The van der Waals surface area contributed by atoms with Crippen LogP contribution in [-0.2, 0) is 9.47 Å². The first-order chi connectivity index (χ1) is 8.73. The molecule has 0 aromatic carbocycles. The molecule has 0 N–H and O–H groups in total. The van der Waals surface area contributed by atoms with Crippen LogP contribution < -0.4 is 0 Å². The van der Waals surface area contributed by atoms with Gasteiger partial charge in [-0.2, -0.15) is 12.6 Å². The van der Waals surface area contributed by atoms with Crippen LogP contribution in [-0.4, -0.2) is 56.7 Å². The minimum atomic E-state index is 0.232. The number of nitrogens with zero attached hydrogens (tertiary/aromatic N) is 1. The van der Waals surface area contributed by atoms with Crippen molar-refractivity contribution >= 4 is 12.6 Å². The smallest absolute Gasteiger partial charge is 0.0971 e. The summed E-state index contributed by atoms with van der Waals surface area (Å²) in [5.41, 5.74) is 0.433. The van der Waals surface area contributed by atoms with E-state index in [1.54, 1.807) is 14.2 Å². The molecule has 0 aromatic heterocycles. The normalized spacial score (nSPS) is 32.8. The Kier molecular flexibility index (Phi) is 5.36. The Hall–Kier alpha value is 0.230. The van der Waals surface area contributed by atoms with Gasteiger partial charge >= 0.3 is 0 Å². The van der Waals surface area contributed by atoms with Gasteiger partial charge in [0.25, 0.3) is 0 Å². The van der Waals surface area contributed by atoms with Crippen molar-refractivity contribution < 1.29 is 9.47 Å². The number of ether oxygens (including phenoxy) is 2. The standard InChI is InChI=1S/C14H27NO2S/c1-16-12-8-15(9-13(12)17-2)10-14(11-18)6-4-3-5-7-14/h12-13,18H,3-11H2,1-2H3. The second kappa shape index (κ2) is 6.60. The van der Waals surface area contributed by atoms with Crippen molar-refractivity contribution in [3.05, 3.63) is 0 Å². The molecule has 1 saturated carbocycles. The van der Waals surface area contributed by atoms with Crippen LogP contribution in [0.2, 0.25) is 0 Å². The first-order valence-corrected chi connectivity index (χ1v) is 7.75. The molecule has 18 heavy (non-hydrogen) atoms. The lowest BCUT2D eigenvalue weighted by molar-refractivity contribution is -0.00461. The van der Waals surface area contributed by atoms with E-state index in [4.69, 9.17) is 9.47 Å². The van der Waals surface area contributed by atoms with E-state index >= 15 is 0 Å². The highest BCUT2D eigenvalue weighted by atomic mass is 32.1. The summed E-state index contributed by atoms with van der Waals surface area (Å²) in [4.78, 5) is 2.52. The van der Waals surface area contributed by atoms with Crippen LogP contribution in [0.3, 0.4) is 0 Å². The lowest BCUT2D eigenvalue weighted by Gasteiger charge is -2.39. The Bertz CT molecular complexity index is 244. The largest absolute Gasteiger partial charge is 0.377 e. The summed E-state index contributed by atoms with van der Waals surface area (Å²) >= 11 is 4.62. The second-order valence-corrected chi connectivity index (χ2v) is 6.28. The van der Waals surface area contributed by atoms with E-state index in [-0.39, 0.29) is 12.2 Å². The maximum Gasteiger partial charge on any atom is 0.0971 e. The molecule has 2 atom stereocenters. The number of hydrogen-bond donors (Lipinski definition) is 1. The van der Waals surface area contributed by atoms with Crippen LogP contribution in [0.25, 0.3) is 0 Å². The predicted octanol–water partition coefficient (Wildman–Crippen LogP) is 2.21. The summed E-state index contributed by atoms with van der Waals surface area (Å²) in [6.07, 6.45) is 7.28. The van der Waals surface area contributed by atoms with Gasteiger partial charge < -0.3 is 9.47 Å². The van der Waals surface area contributed by atoms with E-state index in [0.29, 0.717) is 5.41 Å². The van der Waals surface area contributed by atoms with Crippen LogP contribution in [0.5, 0.6) is 0 Å². The molecule has 106 valence electrons. The third-order valence-electron chi connectivity index (χ3n) is 4.71. The van der Waals surface area contributed by atoms with Gasteiger partial charge in [-0.1, -0.05) is 19.3 Å². The number of rotatable bonds is 5. The first-order valence-electron chi connectivity index (χ1n) is 7.12. The highest BCUT2D eigenvalue weighted by Gasteiger charge is 2.38. The van der Waals surface area contributed by atoms with Crippen molar-refractivity contribution in [1.29, 1.82) is 0 Å². The maximum atomic E-state index is 5.51. The van der Waals surface area contributed by atoms with Crippen molar-refractivity contribution in [2.24, 2.45) is 5.41 Å².